The number of rotatable bonds is 4. The van der Waals surface area contributed by atoms with Crippen molar-refractivity contribution in [3.8, 4) is 0 Å². The number of nitrogens with zero attached hydrogens (tertiary/aromatic N) is 3. The molecule has 1 heterocycles. The van der Waals surface area contributed by atoms with Crippen LogP contribution in [-0.2, 0) is 0 Å². The highest BCUT2D eigenvalue weighted by Gasteiger charge is 2.19. The van der Waals surface area contributed by atoms with Crippen molar-refractivity contribution < 1.29 is 5.21 Å². The molecule has 0 bridgehead atoms. The van der Waals surface area contributed by atoms with Gasteiger partial charge in [-0.25, -0.2) is 0 Å². The highest BCUT2D eigenvalue weighted by Crippen LogP contribution is 2.26. The summed E-state index contributed by atoms with van der Waals surface area (Å²) in [7, 11) is 4.21. The van der Waals surface area contributed by atoms with Gasteiger partial charge in [0, 0.05) is 24.3 Å². The Hall–Kier alpha value is -1.55. The Morgan fingerprint density at radius 2 is 2.11 bits per heavy atom. The summed E-state index contributed by atoms with van der Waals surface area (Å²) in [6.45, 7) is 3.18. The van der Waals surface area contributed by atoms with Crippen molar-refractivity contribution in [1.82, 2.24) is 4.90 Å². The van der Waals surface area contributed by atoms with E-state index in [1.165, 1.54) is 5.69 Å². The average molecular weight is 261 g/mol. The van der Waals surface area contributed by atoms with Crippen LogP contribution in [0.2, 0.25) is 0 Å². The Labute approximate surface area is 115 Å². The van der Waals surface area contributed by atoms with Gasteiger partial charge in [0.05, 0.1) is 5.71 Å². The third-order valence-electron chi connectivity index (χ3n) is 3.55. The first-order valence-electron chi connectivity index (χ1n) is 6.92. The Kier molecular flexibility index (Phi) is 4.80. The summed E-state index contributed by atoms with van der Waals surface area (Å²) in [5.41, 5.74) is 3.09. The summed E-state index contributed by atoms with van der Waals surface area (Å²) in [5.74, 6) is 0. The molecule has 1 N–H and O–H groups in total. The van der Waals surface area contributed by atoms with E-state index in [-0.39, 0.29) is 0 Å². The quantitative estimate of drug-likeness (QED) is 0.668. The van der Waals surface area contributed by atoms with Crippen molar-refractivity contribution in [2.75, 3.05) is 38.6 Å². The largest absolute Gasteiger partial charge is 0.411 e. The number of benzene rings is 1. The van der Waals surface area contributed by atoms with E-state index in [1.807, 2.05) is 6.07 Å². The molecule has 4 heteroatoms. The molecule has 1 aromatic rings. The van der Waals surface area contributed by atoms with Gasteiger partial charge in [-0.05, 0) is 46.0 Å². The molecule has 19 heavy (non-hydrogen) atoms. The summed E-state index contributed by atoms with van der Waals surface area (Å²) in [4.78, 5) is 4.63. The van der Waals surface area contributed by atoms with Gasteiger partial charge in [0.2, 0.25) is 0 Å². The zero-order chi connectivity index (χ0) is 13.7. The normalized spacial score (nSPS) is 17.6. The second kappa shape index (κ2) is 6.57. The molecule has 0 atom stereocenters. The molecule has 0 saturated carbocycles. The Morgan fingerprint density at radius 3 is 2.84 bits per heavy atom. The van der Waals surface area contributed by atoms with Crippen molar-refractivity contribution in [1.29, 1.82) is 0 Å². The fourth-order valence-electron chi connectivity index (χ4n) is 2.60. The first-order chi connectivity index (χ1) is 9.22. The highest BCUT2D eigenvalue weighted by atomic mass is 16.4. The van der Waals surface area contributed by atoms with Crippen LogP contribution in [0.5, 0.6) is 0 Å². The second-order valence-electron chi connectivity index (χ2n) is 5.31. The third kappa shape index (κ3) is 3.47. The van der Waals surface area contributed by atoms with E-state index in [9.17, 15) is 0 Å². The molecule has 4 nitrogen and oxygen atoms in total. The molecule has 0 saturated heterocycles. The lowest BCUT2D eigenvalue weighted by atomic mass is 10.1. The molecule has 1 aliphatic rings. The Balaban J connectivity index is 2.16. The van der Waals surface area contributed by atoms with Gasteiger partial charge in [0.25, 0.3) is 0 Å². The van der Waals surface area contributed by atoms with Gasteiger partial charge in [-0.3, -0.25) is 0 Å². The number of hydrogen-bond acceptors (Lipinski definition) is 4. The molecule has 104 valence electrons. The van der Waals surface area contributed by atoms with Crippen molar-refractivity contribution >= 4 is 11.4 Å². The third-order valence-corrected chi connectivity index (χ3v) is 3.55. The second-order valence-corrected chi connectivity index (χ2v) is 5.31. The fourth-order valence-corrected chi connectivity index (χ4v) is 2.60. The maximum atomic E-state index is 9.16. The highest BCUT2D eigenvalue weighted by molar-refractivity contribution is 6.05. The van der Waals surface area contributed by atoms with Crippen molar-refractivity contribution in [2.45, 2.75) is 19.3 Å². The summed E-state index contributed by atoms with van der Waals surface area (Å²) >= 11 is 0. The van der Waals surface area contributed by atoms with Crippen molar-refractivity contribution in [3.63, 3.8) is 0 Å². The zero-order valence-corrected chi connectivity index (χ0v) is 11.8. The van der Waals surface area contributed by atoms with Crippen LogP contribution in [0.3, 0.4) is 0 Å². The first kappa shape index (κ1) is 13.9. The predicted octanol–water partition coefficient (Wildman–Crippen LogP) is 2.42. The van der Waals surface area contributed by atoms with Crippen LogP contribution >= 0.6 is 0 Å². The van der Waals surface area contributed by atoms with Crippen LogP contribution in [0.4, 0.5) is 5.69 Å². The molecule has 0 spiro atoms. The van der Waals surface area contributed by atoms with Gasteiger partial charge < -0.3 is 15.0 Å². The number of hydrogen-bond donors (Lipinski definition) is 1. The lowest BCUT2D eigenvalue weighted by molar-refractivity contribution is 0.318. The molecule has 1 aromatic carbocycles. The van der Waals surface area contributed by atoms with Crippen LogP contribution in [0.1, 0.15) is 24.8 Å². The standard InChI is InChI=1S/C15H23N3O/c1-17(2)10-6-12-18-11-5-8-14(16-19)13-7-3-4-9-15(13)18/h3-4,7,9,19H,5-6,8,10-12H2,1-2H3/b16-14-. The van der Waals surface area contributed by atoms with E-state index in [0.717, 1.165) is 50.2 Å². The van der Waals surface area contributed by atoms with Gasteiger partial charge in [-0.15, -0.1) is 0 Å². The minimum Gasteiger partial charge on any atom is -0.411 e. The number of para-hydroxylation sites is 1. The Bertz CT molecular complexity index is 443. The van der Waals surface area contributed by atoms with Crippen molar-refractivity contribution in [3.05, 3.63) is 29.8 Å². The van der Waals surface area contributed by atoms with Crippen LogP contribution in [-0.4, -0.2) is 49.5 Å². The SMILES string of the molecule is CN(C)CCCN1CCC/C(=N/O)c2ccccc21. The summed E-state index contributed by atoms with van der Waals surface area (Å²) in [5, 5.41) is 12.6. The van der Waals surface area contributed by atoms with E-state index < -0.39 is 0 Å². The maximum absolute atomic E-state index is 9.16. The van der Waals surface area contributed by atoms with E-state index in [1.54, 1.807) is 0 Å². The van der Waals surface area contributed by atoms with Gasteiger partial charge in [0.15, 0.2) is 0 Å². The van der Waals surface area contributed by atoms with E-state index in [2.05, 4.69) is 47.2 Å². The summed E-state index contributed by atoms with van der Waals surface area (Å²) in [6.07, 6.45) is 3.03. The Morgan fingerprint density at radius 1 is 1.32 bits per heavy atom. The van der Waals surface area contributed by atoms with E-state index in [0.29, 0.717) is 0 Å². The summed E-state index contributed by atoms with van der Waals surface area (Å²) < 4.78 is 0. The number of oxime groups is 1. The molecule has 0 radical (unpaired) electrons. The minimum atomic E-state index is 0.811. The van der Waals surface area contributed by atoms with E-state index in [4.69, 9.17) is 5.21 Å². The van der Waals surface area contributed by atoms with Gasteiger partial charge >= 0.3 is 0 Å². The van der Waals surface area contributed by atoms with Gasteiger partial charge in [0.1, 0.15) is 0 Å². The molecule has 0 aromatic heterocycles. The number of anilines is 1. The topological polar surface area (TPSA) is 39.1 Å². The predicted molar refractivity (Wildman–Crippen MR) is 79.4 cm³/mol. The lowest BCUT2D eigenvalue weighted by Gasteiger charge is -2.25. The average Bonchev–Trinajstić information content (AvgIpc) is 2.58. The smallest absolute Gasteiger partial charge is 0.0889 e. The molecule has 0 amide bonds. The molecular weight excluding hydrogens is 238 g/mol. The van der Waals surface area contributed by atoms with Crippen LogP contribution in [0, 0.1) is 0 Å². The molecule has 2 rings (SSSR count). The zero-order valence-electron chi connectivity index (χ0n) is 11.8. The van der Waals surface area contributed by atoms with Crippen LogP contribution in [0.15, 0.2) is 29.4 Å². The molecule has 0 unspecified atom stereocenters. The van der Waals surface area contributed by atoms with Gasteiger partial charge in [-0.2, -0.15) is 0 Å². The van der Waals surface area contributed by atoms with Crippen LogP contribution in [0.25, 0.3) is 0 Å². The molecule has 0 aliphatic carbocycles. The first-order valence-corrected chi connectivity index (χ1v) is 6.92. The minimum absolute atomic E-state index is 0.811. The van der Waals surface area contributed by atoms with Crippen LogP contribution < -0.4 is 4.90 Å². The molecular formula is C15H23N3O. The lowest BCUT2D eigenvalue weighted by Crippen LogP contribution is -2.28. The molecule has 0 fully saturated rings. The van der Waals surface area contributed by atoms with Crippen molar-refractivity contribution in [2.24, 2.45) is 5.16 Å². The fraction of sp³-hybridized carbons (Fsp3) is 0.533. The van der Waals surface area contributed by atoms with E-state index >= 15 is 0 Å². The van der Waals surface area contributed by atoms with Gasteiger partial charge in [-0.1, -0.05) is 23.4 Å². The monoisotopic (exact) mass is 261 g/mol. The molecule has 1 aliphatic heterocycles. The maximum Gasteiger partial charge on any atom is 0.0889 e. The number of fused-ring (bicyclic) bond motifs is 1. The summed E-state index contributed by atoms with van der Waals surface area (Å²) in [6, 6.07) is 8.24.